The van der Waals surface area contributed by atoms with Crippen LogP contribution in [0.2, 0.25) is 0 Å². The number of amides is 2. The third-order valence-electron chi connectivity index (χ3n) is 5.23. The predicted octanol–water partition coefficient (Wildman–Crippen LogP) is 2.60. The monoisotopic (exact) mass is 426 g/mol. The minimum absolute atomic E-state index is 0.0260. The number of carbonyl (C=O) groups is 1. The number of aryl methyl sites for hydroxylation is 1. The van der Waals surface area contributed by atoms with E-state index in [-0.39, 0.29) is 30.1 Å². The Balaban J connectivity index is 1.49. The minimum Gasteiger partial charge on any atom is -0.336 e. The van der Waals surface area contributed by atoms with Crippen molar-refractivity contribution in [1.82, 2.24) is 14.5 Å². The number of urea groups is 1. The molecule has 1 aliphatic heterocycles. The van der Waals surface area contributed by atoms with E-state index >= 15 is 0 Å². The summed E-state index contributed by atoms with van der Waals surface area (Å²) in [5, 5.41) is 11.9. The van der Waals surface area contributed by atoms with Crippen LogP contribution in [0.5, 0.6) is 0 Å². The van der Waals surface area contributed by atoms with Gasteiger partial charge in [0.25, 0.3) is 0 Å². The van der Waals surface area contributed by atoms with E-state index in [1.54, 1.807) is 4.90 Å². The lowest BCUT2D eigenvalue weighted by atomic mass is 10.1. The number of nitrogens with zero attached hydrogens (tertiary/aromatic N) is 3. The number of piperazine rings is 1. The molecule has 1 aliphatic rings. The molecule has 1 N–H and O–H groups in total. The fraction of sp³-hybridized carbons (Fsp3) is 0.364. The summed E-state index contributed by atoms with van der Waals surface area (Å²) in [6, 6.07) is 17.9. The smallest absolute Gasteiger partial charge is 0.317 e. The maximum absolute atomic E-state index is 12.8. The van der Waals surface area contributed by atoms with Crippen LogP contribution in [-0.2, 0) is 16.4 Å². The zero-order valence-electron chi connectivity index (χ0n) is 17.0. The van der Waals surface area contributed by atoms with Crippen LogP contribution in [0, 0.1) is 11.3 Å². The Bertz CT molecular complexity index is 993. The summed E-state index contributed by atoms with van der Waals surface area (Å²) in [6.07, 6.45) is 1.72. The van der Waals surface area contributed by atoms with Gasteiger partial charge in [0.05, 0.1) is 16.5 Å². The summed E-state index contributed by atoms with van der Waals surface area (Å²) < 4.78 is 27.0. The highest BCUT2D eigenvalue weighted by Crippen LogP contribution is 2.18. The standard InChI is InChI=1S/C22H26N4O3S/c1-18(7-8-19-5-3-2-4-6-19)24-22(27)25-13-15-26(16-14-25)30(28,29)21-11-9-20(17-23)10-12-21/h2-6,9-12,18H,7-8,13-16H2,1H3,(H,24,27)/t18-/m1/s1. The Morgan fingerprint density at radius 2 is 1.70 bits per heavy atom. The van der Waals surface area contributed by atoms with Crippen molar-refractivity contribution in [2.45, 2.75) is 30.7 Å². The molecule has 0 aliphatic carbocycles. The first-order valence-corrected chi connectivity index (χ1v) is 11.4. The molecular formula is C22H26N4O3S. The van der Waals surface area contributed by atoms with E-state index in [2.05, 4.69) is 17.4 Å². The molecule has 0 unspecified atom stereocenters. The summed E-state index contributed by atoms with van der Waals surface area (Å²) in [5.41, 5.74) is 1.65. The lowest BCUT2D eigenvalue weighted by Gasteiger charge is -2.34. The number of rotatable bonds is 6. The van der Waals surface area contributed by atoms with Gasteiger partial charge in [-0.2, -0.15) is 9.57 Å². The molecule has 30 heavy (non-hydrogen) atoms. The van der Waals surface area contributed by atoms with Gasteiger partial charge in [0.1, 0.15) is 0 Å². The second-order valence-corrected chi connectivity index (χ2v) is 9.34. The first-order valence-electron chi connectivity index (χ1n) is 10.00. The number of benzene rings is 2. The van der Waals surface area contributed by atoms with Crippen molar-refractivity contribution in [2.24, 2.45) is 0 Å². The number of nitrogens with one attached hydrogen (secondary N) is 1. The van der Waals surface area contributed by atoms with Crippen LogP contribution >= 0.6 is 0 Å². The second kappa shape index (κ2) is 9.74. The fourth-order valence-electron chi connectivity index (χ4n) is 3.38. The molecule has 2 aromatic rings. The van der Waals surface area contributed by atoms with Gasteiger partial charge in [-0.1, -0.05) is 30.3 Å². The quantitative estimate of drug-likeness (QED) is 0.768. The number of nitriles is 1. The van der Waals surface area contributed by atoms with E-state index in [9.17, 15) is 13.2 Å². The van der Waals surface area contributed by atoms with Gasteiger partial charge in [-0.05, 0) is 49.6 Å². The first-order chi connectivity index (χ1) is 14.4. The van der Waals surface area contributed by atoms with Crippen molar-refractivity contribution in [3.05, 3.63) is 65.7 Å². The van der Waals surface area contributed by atoms with E-state index in [0.717, 1.165) is 12.8 Å². The molecule has 0 aromatic heterocycles. The zero-order valence-corrected chi connectivity index (χ0v) is 17.8. The number of carbonyl (C=O) groups excluding carboxylic acids is 1. The maximum atomic E-state index is 12.8. The zero-order chi connectivity index (χ0) is 21.6. The van der Waals surface area contributed by atoms with Crippen LogP contribution in [0.3, 0.4) is 0 Å². The second-order valence-electron chi connectivity index (χ2n) is 7.40. The maximum Gasteiger partial charge on any atom is 0.317 e. The Morgan fingerprint density at radius 1 is 1.07 bits per heavy atom. The van der Waals surface area contributed by atoms with Gasteiger partial charge in [-0.25, -0.2) is 13.2 Å². The lowest BCUT2D eigenvalue weighted by molar-refractivity contribution is 0.169. The Hall–Kier alpha value is -2.89. The van der Waals surface area contributed by atoms with E-state index in [0.29, 0.717) is 18.7 Å². The molecule has 8 heteroatoms. The van der Waals surface area contributed by atoms with Gasteiger partial charge in [0, 0.05) is 32.2 Å². The Labute approximate surface area is 178 Å². The SMILES string of the molecule is C[C@H](CCc1ccccc1)NC(=O)N1CCN(S(=O)(=O)c2ccc(C#N)cc2)CC1. The minimum atomic E-state index is -3.63. The Morgan fingerprint density at radius 3 is 2.30 bits per heavy atom. The van der Waals surface area contributed by atoms with Gasteiger partial charge >= 0.3 is 6.03 Å². The van der Waals surface area contributed by atoms with E-state index in [1.165, 1.54) is 34.1 Å². The largest absolute Gasteiger partial charge is 0.336 e. The average Bonchev–Trinajstić information content (AvgIpc) is 2.78. The summed E-state index contributed by atoms with van der Waals surface area (Å²) >= 11 is 0. The number of hydrogen-bond donors (Lipinski definition) is 1. The third kappa shape index (κ3) is 5.38. The summed E-state index contributed by atoms with van der Waals surface area (Å²) in [6.45, 7) is 3.15. The molecule has 0 saturated carbocycles. The molecule has 2 aromatic carbocycles. The van der Waals surface area contributed by atoms with Gasteiger partial charge < -0.3 is 10.2 Å². The molecule has 0 spiro atoms. The van der Waals surface area contributed by atoms with Crippen LogP contribution in [0.1, 0.15) is 24.5 Å². The molecule has 2 amide bonds. The molecule has 1 heterocycles. The summed E-state index contributed by atoms with van der Waals surface area (Å²) in [5.74, 6) is 0. The lowest BCUT2D eigenvalue weighted by Crippen LogP contribution is -2.54. The van der Waals surface area contributed by atoms with Gasteiger partial charge in [-0.3, -0.25) is 0 Å². The van der Waals surface area contributed by atoms with Crippen molar-refractivity contribution in [3.8, 4) is 6.07 Å². The molecule has 0 bridgehead atoms. The Kier molecular flexibility index (Phi) is 7.08. The topological polar surface area (TPSA) is 93.5 Å². The van der Waals surface area contributed by atoms with E-state index < -0.39 is 10.0 Å². The van der Waals surface area contributed by atoms with E-state index in [1.807, 2.05) is 31.2 Å². The predicted molar refractivity (Wildman–Crippen MR) is 114 cm³/mol. The van der Waals surface area contributed by atoms with Crippen molar-refractivity contribution in [3.63, 3.8) is 0 Å². The van der Waals surface area contributed by atoms with Crippen LogP contribution in [0.25, 0.3) is 0 Å². The molecule has 1 fully saturated rings. The van der Waals surface area contributed by atoms with Crippen molar-refractivity contribution < 1.29 is 13.2 Å². The highest BCUT2D eigenvalue weighted by Gasteiger charge is 2.30. The van der Waals surface area contributed by atoms with Gasteiger partial charge in [0.15, 0.2) is 0 Å². The molecule has 1 atom stereocenters. The first kappa shape index (κ1) is 21.8. The van der Waals surface area contributed by atoms with Gasteiger partial charge in [0.2, 0.25) is 10.0 Å². The van der Waals surface area contributed by atoms with Crippen LogP contribution in [-0.4, -0.2) is 55.9 Å². The molecule has 7 nitrogen and oxygen atoms in total. The highest BCUT2D eigenvalue weighted by molar-refractivity contribution is 7.89. The molecule has 158 valence electrons. The van der Waals surface area contributed by atoms with E-state index in [4.69, 9.17) is 5.26 Å². The number of sulfonamides is 1. The normalized spacial score (nSPS) is 15.9. The summed E-state index contributed by atoms with van der Waals surface area (Å²) in [4.78, 5) is 14.4. The molecular weight excluding hydrogens is 400 g/mol. The van der Waals surface area contributed by atoms with Crippen molar-refractivity contribution >= 4 is 16.1 Å². The summed E-state index contributed by atoms with van der Waals surface area (Å²) in [7, 11) is -3.63. The fourth-order valence-corrected chi connectivity index (χ4v) is 4.81. The molecule has 3 rings (SSSR count). The van der Waals surface area contributed by atoms with Gasteiger partial charge in [-0.15, -0.1) is 0 Å². The third-order valence-corrected chi connectivity index (χ3v) is 7.14. The highest BCUT2D eigenvalue weighted by atomic mass is 32.2. The van der Waals surface area contributed by atoms with Crippen molar-refractivity contribution in [1.29, 1.82) is 5.26 Å². The van der Waals surface area contributed by atoms with Crippen LogP contribution in [0.15, 0.2) is 59.5 Å². The molecule has 1 saturated heterocycles. The van der Waals surface area contributed by atoms with Crippen molar-refractivity contribution in [2.75, 3.05) is 26.2 Å². The molecule has 0 radical (unpaired) electrons. The van der Waals surface area contributed by atoms with Crippen LogP contribution in [0.4, 0.5) is 4.79 Å². The average molecular weight is 427 g/mol. The number of hydrogen-bond acceptors (Lipinski definition) is 4. The van der Waals surface area contributed by atoms with Crippen LogP contribution < -0.4 is 5.32 Å².